The molecule has 3 aromatic carbocycles. The van der Waals surface area contributed by atoms with Crippen LogP contribution in [0.4, 0.5) is 0 Å². The van der Waals surface area contributed by atoms with E-state index in [9.17, 15) is 18.0 Å². The fourth-order valence-electron chi connectivity index (χ4n) is 4.23. The minimum Gasteiger partial charge on any atom is -0.484 e. The van der Waals surface area contributed by atoms with Gasteiger partial charge in [0.2, 0.25) is 15.9 Å². The summed E-state index contributed by atoms with van der Waals surface area (Å²) in [6.45, 7) is 1.09. The summed E-state index contributed by atoms with van der Waals surface area (Å²) in [5, 5.41) is 3.21. The van der Waals surface area contributed by atoms with Gasteiger partial charge in [-0.05, 0) is 47.5 Å². The number of benzene rings is 3. The molecule has 206 valence electrons. The number of halogens is 1. The highest BCUT2D eigenvalue weighted by Crippen LogP contribution is 2.25. The third kappa shape index (κ3) is 7.15. The molecule has 0 aliphatic carbocycles. The molecule has 9 nitrogen and oxygen atoms in total. The lowest BCUT2D eigenvalue weighted by Gasteiger charge is -2.31. The zero-order valence-corrected chi connectivity index (χ0v) is 23.0. The molecule has 1 saturated heterocycles. The summed E-state index contributed by atoms with van der Waals surface area (Å²) in [5.74, 6) is -0.444. The molecule has 0 bridgehead atoms. The van der Waals surface area contributed by atoms with Crippen LogP contribution in [0.25, 0.3) is 0 Å². The van der Waals surface area contributed by atoms with Crippen molar-refractivity contribution >= 4 is 33.4 Å². The predicted octanol–water partition coefficient (Wildman–Crippen LogP) is 3.26. The molecule has 0 spiro atoms. The van der Waals surface area contributed by atoms with Crippen molar-refractivity contribution < 1.29 is 27.5 Å². The lowest BCUT2D eigenvalue weighted by Crippen LogP contribution is -2.44. The van der Waals surface area contributed by atoms with Crippen LogP contribution in [0.3, 0.4) is 0 Å². The Morgan fingerprint density at radius 2 is 1.64 bits per heavy atom. The van der Waals surface area contributed by atoms with Gasteiger partial charge in [-0.15, -0.1) is 0 Å². The van der Waals surface area contributed by atoms with E-state index in [2.05, 4.69) is 5.32 Å². The smallest absolute Gasteiger partial charge is 0.261 e. The molecule has 11 heteroatoms. The van der Waals surface area contributed by atoms with E-state index in [0.717, 1.165) is 5.56 Å². The van der Waals surface area contributed by atoms with Gasteiger partial charge in [0.05, 0.1) is 18.1 Å². The van der Waals surface area contributed by atoms with Crippen LogP contribution in [0, 0.1) is 0 Å². The first kappa shape index (κ1) is 28.6. The number of nitrogens with zero attached hydrogens (tertiary/aromatic N) is 2. The molecule has 1 N–H and O–H groups in total. The molecule has 1 aliphatic heterocycles. The summed E-state index contributed by atoms with van der Waals surface area (Å²) in [6, 6.07) is 21.1. The Hall–Kier alpha value is -3.44. The molecule has 1 aliphatic rings. The highest BCUT2D eigenvalue weighted by molar-refractivity contribution is 7.89. The number of rotatable bonds is 10. The van der Waals surface area contributed by atoms with Gasteiger partial charge in [-0.25, -0.2) is 8.42 Å². The summed E-state index contributed by atoms with van der Waals surface area (Å²) >= 11 is 6.03. The summed E-state index contributed by atoms with van der Waals surface area (Å²) in [7, 11) is -2.13. The zero-order chi connectivity index (χ0) is 27.8. The van der Waals surface area contributed by atoms with Gasteiger partial charge in [-0.2, -0.15) is 4.31 Å². The monoisotopic (exact) mass is 571 g/mol. The van der Waals surface area contributed by atoms with E-state index in [1.165, 1.54) is 40.5 Å². The maximum absolute atomic E-state index is 13.5. The molecule has 1 heterocycles. The number of ether oxygens (including phenoxy) is 2. The quantitative estimate of drug-likeness (QED) is 0.400. The number of carbonyl (C=O) groups is 2. The highest BCUT2D eigenvalue weighted by Gasteiger charge is 2.31. The Kier molecular flexibility index (Phi) is 9.58. The Labute approximate surface area is 233 Å². The van der Waals surface area contributed by atoms with Gasteiger partial charge in [0, 0.05) is 31.7 Å². The van der Waals surface area contributed by atoms with E-state index in [4.69, 9.17) is 21.1 Å². The van der Waals surface area contributed by atoms with Crippen molar-refractivity contribution in [2.75, 3.05) is 40.0 Å². The summed E-state index contributed by atoms with van der Waals surface area (Å²) in [6.07, 6.45) is 0. The van der Waals surface area contributed by atoms with Crippen LogP contribution in [-0.4, -0.2) is 69.4 Å². The van der Waals surface area contributed by atoms with Gasteiger partial charge in [0.15, 0.2) is 6.61 Å². The second-order valence-corrected chi connectivity index (χ2v) is 11.2. The van der Waals surface area contributed by atoms with E-state index < -0.39 is 22.0 Å². The fourth-order valence-corrected chi connectivity index (χ4v) is 5.76. The van der Waals surface area contributed by atoms with Gasteiger partial charge in [-0.1, -0.05) is 54.1 Å². The van der Waals surface area contributed by atoms with Crippen LogP contribution >= 0.6 is 11.6 Å². The minimum absolute atomic E-state index is 0.135. The van der Waals surface area contributed by atoms with Gasteiger partial charge < -0.3 is 19.7 Å². The molecule has 1 unspecified atom stereocenters. The van der Waals surface area contributed by atoms with E-state index >= 15 is 0 Å². The Morgan fingerprint density at radius 1 is 1.00 bits per heavy atom. The van der Waals surface area contributed by atoms with Crippen LogP contribution in [0.5, 0.6) is 5.75 Å². The number of likely N-dealkylation sites (N-methyl/N-ethyl adjacent to an activating group) is 1. The number of amides is 2. The summed E-state index contributed by atoms with van der Waals surface area (Å²) in [4.78, 5) is 28.1. The Morgan fingerprint density at radius 3 is 2.26 bits per heavy atom. The van der Waals surface area contributed by atoms with Gasteiger partial charge >= 0.3 is 0 Å². The van der Waals surface area contributed by atoms with Crippen molar-refractivity contribution in [3.05, 3.63) is 95.0 Å². The number of morpholine rings is 1. The van der Waals surface area contributed by atoms with Crippen LogP contribution in [-0.2, 0) is 30.9 Å². The van der Waals surface area contributed by atoms with Crippen molar-refractivity contribution in [1.29, 1.82) is 0 Å². The zero-order valence-electron chi connectivity index (χ0n) is 21.5. The minimum atomic E-state index is -3.65. The standard InChI is InChI=1S/C28H30ClN3O6S/c1-30-28(34)27(22-5-3-2-4-6-22)32(19-21-7-9-23(29)10-8-21)26(33)20-38-24-11-13-25(14-12-24)39(35,36)31-15-17-37-18-16-31/h2-14,27H,15-20H2,1H3,(H,30,34). The van der Waals surface area contributed by atoms with Gasteiger partial charge in [-0.3, -0.25) is 9.59 Å². The molecule has 0 aromatic heterocycles. The van der Waals surface area contributed by atoms with Crippen molar-refractivity contribution in [1.82, 2.24) is 14.5 Å². The first-order valence-corrected chi connectivity index (χ1v) is 14.2. The van der Waals surface area contributed by atoms with Crippen molar-refractivity contribution in [2.24, 2.45) is 0 Å². The second kappa shape index (κ2) is 13.1. The Balaban J connectivity index is 1.53. The maximum atomic E-state index is 13.5. The molecular formula is C28H30ClN3O6S. The summed E-state index contributed by atoms with van der Waals surface area (Å²) in [5.41, 5.74) is 1.44. The number of nitrogens with one attached hydrogen (secondary N) is 1. The average molecular weight is 572 g/mol. The summed E-state index contributed by atoms with van der Waals surface area (Å²) < 4.78 is 38.1. The normalized spacial score (nSPS) is 14.8. The van der Waals surface area contributed by atoms with Crippen LogP contribution < -0.4 is 10.1 Å². The molecule has 2 amide bonds. The Bertz CT molecular complexity index is 1360. The second-order valence-electron chi connectivity index (χ2n) is 8.85. The third-order valence-electron chi connectivity index (χ3n) is 6.30. The van der Waals surface area contributed by atoms with E-state index in [-0.39, 0.29) is 24.0 Å². The van der Waals surface area contributed by atoms with Crippen LogP contribution in [0.1, 0.15) is 17.2 Å². The molecule has 1 fully saturated rings. The number of sulfonamides is 1. The molecule has 0 saturated carbocycles. The first-order chi connectivity index (χ1) is 18.8. The average Bonchev–Trinajstić information content (AvgIpc) is 2.97. The van der Waals surface area contributed by atoms with Crippen molar-refractivity contribution in [2.45, 2.75) is 17.5 Å². The lowest BCUT2D eigenvalue weighted by atomic mass is 10.0. The SMILES string of the molecule is CNC(=O)C(c1ccccc1)N(Cc1ccc(Cl)cc1)C(=O)COc1ccc(S(=O)(=O)N2CCOCC2)cc1. The largest absolute Gasteiger partial charge is 0.484 e. The van der Waals surface area contributed by atoms with E-state index in [0.29, 0.717) is 42.6 Å². The van der Waals surface area contributed by atoms with Crippen LogP contribution in [0.15, 0.2) is 83.8 Å². The molecule has 39 heavy (non-hydrogen) atoms. The lowest BCUT2D eigenvalue weighted by molar-refractivity contribution is -0.143. The van der Waals surface area contributed by atoms with Crippen LogP contribution in [0.2, 0.25) is 5.02 Å². The number of hydrogen-bond acceptors (Lipinski definition) is 6. The van der Waals surface area contributed by atoms with Crippen molar-refractivity contribution in [3.63, 3.8) is 0 Å². The molecule has 1 atom stereocenters. The number of carbonyl (C=O) groups excluding carboxylic acids is 2. The number of hydrogen-bond donors (Lipinski definition) is 1. The fraction of sp³-hybridized carbons (Fsp3) is 0.286. The third-order valence-corrected chi connectivity index (χ3v) is 8.47. The molecular weight excluding hydrogens is 542 g/mol. The predicted molar refractivity (Wildman–Crippen MR) is 147 cm³/mol. The van der Waals surface area contributed by atoms with Gasteiger partial charge in [0.1, 0.15) is 11.8 Å². The topological polar surface area (TPSA) is 105 Å². The van der Waals surface area contributed by atoms with Crippen molar-refractivity contribution in [3.8, 4) is 5.75 Å². The molecule has 4 rings (SSSR count). The van der Waals surface area contributed by atoms with E-state index in [1.54, 1.807) is 48.5 Å². The molecule has 3 aromatic rings. The first-order valence-electron chi connectivity index (χ1n) is 12.4. The van der Waals surface area contributed by atoms with Gasteiger partial charge in [0.25, 0.3) is 5.91 Å². The van der Waals surface area contributed by atoms with E-state index in [1.807, 2.05) is 6.07 Å². The maximum Gasteiger partial charge on any atom is 0.261 e. The molecule has 0 radical (unpaired) electrons. The highest BCUT2D eigenvalue weighted by atomic mass is 35.5.